The van der Waals surface area contributed by atoms with Crippen molar-refractivity contribution in [2.75, 3.05) is 13.4 Å². The highest BCUT2D eigenvalue weighted by Crippen LogP contribution is 2.41. The Labute approximate surface area is 148 Å². The van der Waals surface area contributed by atoms with E-state index >= 15 is 0 Å². The normalized spacial score (nSPS) is 13.9. The molecule has 0 radical (unpaired) electrons. The number of nitrogens with zero attached hydrogens (tertiary/aromatic N) is 2. The Morgan fingerprint density at radius 3 is 2.64 bits per heavy atom. The van der Waals surface area contributed by atoms with E-state index in [1.807, 2.05) is 0 Å². The van der Waals surface area contributed by atoms with Crippen molar-refractivity contribution in [3.05, 3.63) is 65.2 Å². The van der Waals surface area contributed by atoms with Crippen LogP contribution in [0, 0.1) is 5.82 Å². The summed E-state index contributed by atoms with van der Waals surface area (Å²) in [5.41, 5.74) is 1.43. The number of hydrogen-bond donors (Lipinski definition) is 1. The van der Waals surface area contributed by atoms with Crippen LogP contribution < -0.4 is 9.47 Å². The number of imidazole rings is 1. The van der Waals surface area contributed by atoms with E-state index in [9.17, 15) is 9.50 Å². The van der Waals surface area contributed by atoms with Crippen molar-refractivity contribution in [2.45, 2.75) is 6.04 Å². The highest BCUT2D eigenvalue weighted by molar-refractivity contribution is 6.33. The van der Waals surface area contributed by atoms with Crippen LogP contribution in [-0.2, 0) is 0 Å². The molecule has 0 amide bonds. The van der Waals surface area contributed by atoms with Crippen molar-refractivity contribution in [2.24, 2.45) is 0 Å². The van der Waals surface area contributed by atoms with E-state index in [2.05, 4.69) is 4.98 Å². The lowest BCUT2D eigenvalue weighted by atomic mass is 10.1. The van der Waals surface area contributed by atoms with Crippen LogP contribution in [0.1, 0.15) is 11.6 Å². The molecule has 0 bridgehead atoms. The smallest absolute Gasteiger partial charge is 0.231 e. The molecular weight excluding hydrogens is 347 g/mol. The second kappa shape index (κ2) is 6.38. The summed E-state index contributed by atoms with van der Waals surface area (Å²) >= 11 is 6.39. The average Bonchev–Trinajstić information content (AvgIpc) is 3.25. The Morgan fingerprint density at radius 2 is 1.92 bits per heavy atom. The molecule has 25 heavy (non-hydrogen) atoms. The number of fused-ring (bicyclic) bond motifs is 1. The van der Waals surface area contributed by atoms with Crippen LogP contribution in [0.15, 0.2) is 48.8 Å². The maximum Gasteiger partial charge on any atom is 0.231 e. The monoisotopic (exact) mass is 360 g/mol. The van der Waals surface area contributed by atoms with Gasteiger partial charge in [0.25, 0.3) is 0 Å². The molecular formula is C18H14ClFN2O3. The molecule has 1 unspecified atom stereocenters. The molecule has 2 heterocycles. The lowest BCUT2D eigenvalue weighted by Gasteiger charge is -2.20. The molecule has 2 aromatic carbocycles. The Balaban J connectivity index is 1.79. The van der Waals surface area contributed by atoms with Crippen molar-refractivity contribution in [3.63, 3.8) is 0 Å². The molecule has 1 N–H and O–H groups in total. The fraction of sp³-hybridized carbons (Fsp3) is 0.167. The number of rotatable bonds is 4. The van der Waals surface area contributed by atoms with E-state index < -0.39 is 6.04 Å². The summed E-state index contributed by atoms with van der Waals surface area (Å²) in [5, 5.41) is 10.4. The predicted octanol–water partition coefficient (Wildman–Crippen LogP) is 3.65. The molecule has 7 heteroatoms. The number of aliphatic hydroxyl groups excluding tert-OH is 1. The Bertz CT molecular complexity index is 911. The van der Waals surface area contributed by atoms with E-state index in [1.165, 1.54) is 12.1 Å². The minimum absolute atomic E-state index is 0.151. The van der Waals surface area contributed by atoms with Crippen molar-refractivity contribution in [1.82, 2.24) is 9.55 Å². The van der Waals surface area contributed by atoms with Crippen molar-refractivity contribution >= 4 is 11.6 Å². The van der Waals surface area contributed by atoms with Crippen LogP contribution in [0.25, 0.3) is 11.4 Å². The zero-order valence-electron chi connectivity index (χ0n) is 13.0. The molecule has 5 nitrogen and oxygen atoms in total. The number of aromatic nitrogens is 2. The fourth-order valence-electron chi connectivity index (χ4n) is 2.90. The molecule has 4 rings (SSSR count). The minimum atomic E-state index is -0.417. The van der Waals surface area contributed by atoms with E-state index in [-0.39, 0.29) is 19.2 Å². The molecule has 0 saturated heterocycles. The van der Waals surface area contributed by atoms with Crippen LogP contribution in [0.3, 0.4) is 0 Å². The summed E-state index contributed by atoms with van der Waals surface area (Å²) in [6, 6.07) is 9.04. The molecule has 1 aromatic heterocycles. The third kappa shape index (κ3) is 2.83. The number of aliphatic hydroxyl groups is 1. The van der Waals surface area contributed by atoms with Crippen LogP contribution in [0.4, 0.5) is 4.39 Å². The van der Waals surface area contributed by atoms with Crippen LogP contribution in [-0.4, -0.2) is 28.1 Å². The van der Waals surface area contributed by atoms with Gasteiger partial charge < -0.3 is 19.1 Å². The van der Waals surface area contributed by atoms with E-state index in [0.29, 0.717) is 27.9 Å². The fourth-order valence-corrected chi connectivity index (χ4v) is 3.14. The molecule has 3 aromatic rings. The highest BCUT2D eigenvalue weighted by Gasteiger charge is 2.22. The van der Waals surface area contributed by atoms with Crippen molar-refractivity contribution in [1.29, 1.82) is 0 Å². The molecule has 1 aliphatic heterocycles. The molecule has 0 saturated carbocycles. The summed E-state index contributed by atoms with van der Waals surface area (Å²) in [6.45, 7) is -0.0183. The summed E-state index contributed by atoms with van der Waals surface area (Å²) in [6.07, 6.45) is 3.38. The third-order valence-electron chi connectivity index (χ3n) is 4.14. The van der Waals surface area contributed by atoms with Crippen molar-refractivity contribution in [3.8, 4) is 22.9 Å². The maximum atomic E-state index is 13.2. The number of halogens is 2. The lowest BCUT2D eigenvalue weighted by Crippen LogP contribution is -2.15. The number of ether oxygens (including phenoxy) is 2. The van der Waals surface area contributed by atoms with Crippen LogP contribution in [0.2, 0.25) is 5.02 Å². The number of hydrogen-bond acceptors (Lipinski definition) is 4. The third-order valence-corrected chi connectivity index (χ3v) is 4.45. The van der Waals surface area contributed by atoms with Gasteiger partial charge in [-0.25, -0.2) is 9.37 Å². The lowest BCUT2D eigenvalue weighted by molar-refractivity contribution is 0.174. The molecule has 1 atom stereocenters. The van der Waals surface area contributed by atoms with Gasteiger partial charge in [0.05, 0.1) is 17.7 Å². The van der Waals surface area contributed by atoms with Gasteiger partial charge in [0, 0.05) is 24.0 Å². The van der Waals surface area contributed by atoms with Gasteiger partial charge in [-0.3, -0.25) is 0 Å². The maximum absolute atomic E-state index is 13.2. The summed E-state index contributed by atoms with van der Waals surface area (Å²) in [7, 11) is 0. The van der Waals surface area contributed by atoms with Gasteiger partial charge in [-0.1, -0.05) is 23.7 Å². The Hall–Kier alpha value is -2.57. The average molecular weight is 361 g/mol. The van der Waals surface area contributed by atoms with Gasteiger partial charge in [0.1, 0.15) is 11.6 Å². The highest BCUT2D eigenvalue weighted by atomic mass is 35.5. The Kier molecular flexibility index (Phi) is 4.07. The van der Waals surface area contributed by atoms with Gasteiger partial charge in [0.2, 0.25) is 6.79 Å². The zero-order valence-corrected chi connectivity index (χ0v) is 13.8. The molecule has 0 spiro atoms. The second-order valence-electron chi connectivity index (χ2n) is 5.59. The van der Waals surface area contributed by atoms with E-state index in [0.717, 1.165) is 5.56 Å². The van der Waals surface area contributed by atoms with Gasteiger partial charge in [0.15, 0.2) is 11.5 Å². The van der Waals surface area contributed by atoms with Crippen LogP contribution in [0.5, 0.6) is 11.5 Å². The molecule has 0 fully saturated rings. The SMILES string of the molecule is OCC(c1ccc(F)cc1)n1ccnc1-c1cc2c(cc1Cl)OCO2. The second-order valence-corrected chi connectivity index (χ2v) is 6.00. The first-order valence-corrected chi connectivity index (χ1v) is 8.04. The largest absolute Gasteiger partial charge is 0.454 e. The molecule has 0 aliphatic carbocycles. The van der Waals surface area contributed by atoms with Crippen LogP contribution >= 0.6 is 11.6 Å². The van der Waals surface area contributed by atoms with E-state index in [4.69, 9.17) is 21.1 Å². The van der Waals surface area contributed by atoms with Crippen molar-refractivity contribution < 1.29 is 19.0 Å². The van der Waals surface area contributed by atoms with Gasteiger partial charge in [-0.2, -0.15) is 0 Å². The van der Waals surface area contributed by atoms with E-state index in [1.54, 1.807) is 41.2 Å². The Morgan fingerprint density at radius 1 is 1.20 bits per heavy atom. The minimum Gasteiger partial charge on any atom is -0.454 e. The van der Waals surface area contributed by atoms with Gasteiger partial charge in [-0.15, -0.1) is 0 Å². The molecule has 128 valence electrons. The predicted molar refractivity (Wildman–Crippen MR) is 90.4 cm³/mol. The van der Waals surface area contributed by atoms with Gasteiger partial charge in [-0.05, 0) is 23.8 Å². The zero-order chi connectivity index (χ0) is 17.4. The first-order valence-electron chi connectivity index (χ1n) is 7.66. The summed E-state index contributed by atoms with van der Waals surface area (Å²) < 4.78 is 25.7. The van der Waals surface area contributed by atoms with Gasteiger partial charge >= 0.3 is 0 Å². The first kappa shape index (κ1) is 15.9. The standard InChI is InChI=1S/C18H14ClFN2O3/c19-14-8-17-16(24-10-25-17)7-13(14)18-21-5-6-22(18)15(9-23)11-1-3-12(20)4-2-11/h1-8,15,23H,9-10H2. The summed E-state index contributed by atoms with van der Waals surface area (Å²) in [4.78, 5) is 4.38. The number of benzene rings is 2. The quantitative estimate of drug-likeness (QED) is 0.771. The first-order chi connectivity index (χ1) is 12.2. The molecule has 1 aliphatic rings. The topological polar surface area (TPSA) is 56.5 Å². The summed E-state index contributed by atoms with van der Waals surface area (Å²) in [5.74, 6) is 1.43.